The Bertz CT molecular complexity index is 524. The van der Waals surface area contributed by atoms with E-state index in [1.165, 1.54) is 20.8 Å². The first-order valence-electron chi connectivity index (χ1n) is 7.94. The van der Waals surface area contributed by atoms with Gasteiger partial charge in [0.1, 0.15) is 5.60 Å². The standard InChI is InChI=1S/C18H28O6/c1-11(2)14(19)23-18(24-15(20)12(3)4)10-13(16(5,6)21)8-9-17(18,7)22/h13,21-22H,1,3,8-10H2,2,4-7H3. The molecule has 6 nitrogen and oxygen atoms in total. The van der Waals surface area contributed by atoms with Crippen molar-refractivity contribution in [3.8, 4) is 0 Å². The van der Waals surface area contributed by atoms with Crippen LogP contribution >= 0.6 is 0 Å². The number of carbonyl (C=O) groups excluding carboxylic acids is 2. The van der Waals surface area contributed by atoms with Crippen LogP contribution in [0.25, 0.3) is 0 Å². The summed E-state index contributed by atoms with van der Waals surface area (Å²) in [5.74, 6) is -3.81. The largest absolute Gasteiger partial charge is 0.416 e. The molecule has 2 atom stereocenters. The molecule has 0 aromatic heterocycles. The fourth-order valence-electron chi connectivity index (χ4n) is 2.69. The monoisotopic (exact) mass is 340 g/mol. The van der Waals surface area contributed by atoms with Gasteiger partial charge in [-0.3, -0.25) is 0 Å². The maximum absolute atomic E-state index is 12.1. The maximum atomic E-state index is 12.1. The molecule has 6 heteroatoms. The summed E-state index contributed by atoms with van der Waals surface area (Å²) >= 11 is 0. The Balaban J connectivity index is 3.33. The predicted molar refractivity (Wildman–Crippen MR) is 88.8 cm³/mol. The molecule has 0 saturated heterocycles. The maximum Gasteiger partial charge on any atom is 0.336 e. The highest BCUT2D eigenvalue weighted by atomic mass is 16.7. The van der Waals surface area contributed by atoms with Crippen LogP contribution in [-0.2, 0) is 19.1 Å². The Morgan fingerprint density at radius 1 is 1.12 bits per heavy atom. The molecule has 1 rings (SSSR count). The van der Waals surface area contributed by atoms with Crippen molar-refractivity contribution in [2.45, 2.75) is 70.9 Å². The molecule has 2 unspecified atom stereocenters. The van der Waals surface area contributed by atoms with Crippen molar-refractivity contribution in [1.29, 1.82) is 0 Å². The molecular formula is C18H28O6. The molecule has 0 amide bonds. The number of carbonyl (C=O) groups is 2. The molecule has 0 bridgehead atoms. The lowest BCUT2D eigenvalue weighted by Crippen LogP contribution is -2.62. The van der Waals surface area contributed by atoms with E-state index in [0.29, 0.717) is 6.42 Å². The summed E-state index contributed by atoms with van der Waals surface area (Å²) in [4.78, 5) is 24.2. The van der Waals surface area contributed by atoms with Crippen LogP contribution < -0.4 is 0 Å². The van der Waals surface area contributed by atoms with Gasteiger partial charge in [0.2, 0.25) is 0 Å². The quantitative estimate of drug-likeness (QED) is 0.453. The first-order chi connectivity index (χ1) is 10.7. The van der Waals surface area contributed by atoms with E-state index in [-0.39, 0.29) is 29.9 Å². The summed E-state index contributed by atoms with van der Waals surface area (Å²) in [5.41, 5.74) is -2.47. The fourth-order valence-corrected chi connectivity index (χ4v) is 2.69. The molecule has 1 aliphatic rings. The Morgan fingerprint density at radius 3 is 1.88 bits per heavy atom. The number of aliphatic hydroxyl groups is 2. The summed E-state index contributed by atoms with van der Waals surface area (Å²) in [7, 11) is 0. The van der Waals surface area contributed by atoms with Gasteiger partial charge in [-0.25, -0.2) is 9.59 Å². The molecule has 136 valence electrons. The molecule has 0 radical (unpaired) electrons. The second-order valence-corrected chi connectivity index (χ2v) is 7.46. The molecular weight excluding hydrogens is 312 g/mol. The third-order valence-corrected chi connectivity index (χ3v) is 4.53. The van der Waals surface area contributed by atoms with Gasteiger partial charge >= 0.3 is 11.9 Å². The van der Waals surface area contributed by atoms with Crippen LogP contribution in [0.5, 0.6) is 0 Å². The fraction of sp³-hybridized carbons (Fsp3) is 0.667. The summed E-state index contributed by atoms with van der Waals surface area (Å²) in [6, 6.07) is 0. The van der Waals surface area contributed by atoms with E-state index in [9.17, 15) is 19.8 Å². The van der Waals surface area contributed by atoms with E-state index in [2.05, 4.69) is 13.2 Å². The molecule has 0 aromatic carbocycles. The van der Waals surface area contributed by atoms with Crippen LogP contribution in [0.4, 0.5) is 0 Å². The number of esters is 2. The van der Waals surface area contributed by atoms with Crippen molar-refractivity contribution in [2.24, 2.45) is 5.92 Å². The van der Waals surface area contributed by atoms with Gasteiger partial charge in [0.15, 0.2) is 0 Å². The summed E-state index contributed by atoms with van der Waals surface area (Å²) in [5, 5.41) is 21.2. The number of hydrogen-bond acceptors (Lipinski definition) is 6. The van der Waals surface area contributed by atoms with Gasteiger partial charge in [-0.15, -0.1) is 0 Å². The molecule has 0 aliphatic heterocycles. The Hall–Kier alpha value is -1.66. The average molecular weight is 340 g/mol. The minimum atomic E-state index is -1.91. The van der Waals surface area contributed by atoms with E-state index < -0.39 is 28.9 Å². The lowest BCUT2D eigenvalue weighted by molar-refractivity contribution is -0.311. The van der Waals surface area contributed by atoms with Gasteiger partial charge < -0.3 is 19.7 Å². The van der Waals surface area contributed by atoms with E-state index in [4.69, 9.17) is 9.47 Å². The van der Waals surface area contributed by atoms with Gasteiger partial charge in [-0.1, -0.05) is 13.2 Å². The summed E-state index contributed by atoms with van der Waals surface area (Å²) in [6.45, 7) is 14.7. The number of ether oxygens (including phenoxy) is 2. The Kier molecular flexibility index (Phi) is 5.68. The van der Waals surface area contributed by atoms with E-state index in [1.807, 2.05) is 0 Å². The van der Waals surface area contributed by atoms with E-state index in [1.54, 1.807) is 13.8 Å². The molecule has 0 heterocycles. The lowest BCUT2D eigenvalue weighted by atomic mass is 9.69. The normalized spacial score (nSPS) is 26.4. The van der Waals surface area contributed by atoms with E-state index >= 15 is 0 Å². The molecule has 0 aromatic rings. The first kappa shape index (κ1) is 20.4. The van der Waals surface area contributed by atoms with Crippen LogP contribution in [0.15, 0.2) is 24.3 Å². The first-order valence-corrected chi connectivity index (χ1v) is 7.94. The molecule has 2 N–H and O–H groups in total. The van der Waals surface area contributed by atoms with E-state index in [0.717, 1.165) is 0 Å². The zero-order chi connectivity index (χ0) is 18.9. The van der Waals surface area contributed by atoms with Gasteiger partial charge in [0.05, 0.1) is 5.60 Å². The van der Waals surface area contributed by atoms with Crippen molar-refractivity contribution in [3.63, 3.8) is 0 Å². The minimum Gasteiger partial charge on any atom is -0.416 e. The van der Waals surface area contributed by atoms with Crippen molar-refractivity contribution in [1.82, 2.24) is 0 Å². The second-order valence-electron chi connectivity index (χ2n) is 7.46. The number of hydrogen-bond donors (Lipinski definition) is 2. The Morgan fingerprint density at radius 2 is 1.54 bits per heavy atom. The highest BCUT2D eigenvalue weighted by molar-refractivity contribution is 5.89. The topological polar surface area (TPSA) is 93.1 Å². The van der Waals surface area contributed by atoms with Gasteiger partial charge in [0, 0.05) is 17.6 Å². The van der Waals surface area contributed by atoms with Gasteiger partial charge in [-0.05, 0) is 53.4 Å². The summed E-state index contributed by atoms with van der Waals surface area (Å²) in [6.07, 6.45) is 0.656. The van der Waals surface area contributed by atoms with Crippen LogP contribution in [-0.4, -0.2) is 39.1 Å². The van der Waals surface area contributed by atoms with Crippen molar-refractivity contribution >= 4 is 11.9 Å². The Labute approximate surface area is 143 Å². The average Bonchev–Trinajstić information content (AvgIpc) is 2.40. The second kappa shape index (κ2) is 6.69. The third kappa shape index (κ3) is 4.24. The van der Waals surface area contributed by atoms with Crippen LogP contribution in [0.1, 0.15) is 53.9 Å². The molecule has 1 saturated carbocycles. The van der Waals surface area contributed by atoms with Crippen LogP contribution in [0.3, 0.4) is 0 Å². The molecule has 1 fully saturated rings. The van der Waals surface area contributed by atoms with Crippen molar-refractivity contribution < 1.29 is 29.3 Å². The zero-order valence-electron chi connectivity index (χ0n) is 15.1. The predicted octanol–water partition coefficient (Wildman–Crippen LogP) is 2.24. The van der Waals surface area contributed by atoms with Gasteiger partial charge in [0.25, 0.3) is 5.79 Å². The lowest BCUT2D eigenvalue weighted by Gasteiger charge is -2.50. The zero-order valence-corrected chi connectivity index (χ0v) is 15.1. The van der Waals surface area contributed by atoms with Gasteiger partial charge in [-0.2, -0.15) is 0 Å². The highest BCUT2D eigenvalue weighted by Gasteiger charge is 2.59. The van der Waals surface area contributed by atoms with Crippen molar-refractivity contribution in [2.75, 3.05) is 0 Å². The van der Waals surface area contributed by atoms with Crippen LogP contribution in [0.2, 0.25) is 0 Å². The highest BCUT2D eigenvalue weighted by Crippen LogP contribution is 2.47. The molecule has 24 heavy (non-hydrogen) atoms. The molecule has 1 aliphatic carbocycles. The number of rotatable bonds is 5. The third-order valence-electron chi connectivity index (χ3n) is 4.53. The van der Waals surface area contributed by atoms with Crippen molar-refractivity contribution in [3.05, 3.63) is 24.3 Å². The summed E-state index contributed by atoms with van der Waals surface area (Å²) < 4.78 is 10.8. The minimum absolute atomic E-state index is 0.0263. The smallest absolute Gasteiger partial charge is 0.336 e. The SMILES string of the molecule is C=C(C)C(=O)OC1(OC(=O)C(=C)C)CC(C(C)(C)O)CCC1(C)O. The van der Waals surface area contributed by atoms with Crippen LogP contribution in [0, 0.1) is 5.92 Å². The molecule has 0 spiro atoms.